The molecule has 2 unspecified atom stereocenters. The van der Waals surface area contributed by atoms with Gasteiger partial charge in [-0.05, 0) is 45.0 Å². The molecule has 0 radical (unpaired) electrons. The SMILES string of the molecule is CCNC(C)C(C)Oc1cccc(C)c1. The highest BCUT2D eigenvalue weighted by molar-refractivity contribution is 5.27. The van der Waals surface area contributed by atoms with Crippen LogP contribution in [0.2, 0.25) is 0 Å². The molecule has 84 valence electrons. The Morgan fingerprint density at radius 2 is 2.07 bits per heavy atom. The first-order valence-electron chi connectivity index (χ1n) is 5.60. The molecule has 0 fully saturated rings. The Hall–Kier alpha value is -1.02. The Morgan fingerprint density at radius 3 is 2.67 bits per heavy atom. The van der Waals surface area contributed by atoms with Crippen molar-refractivity contribution in [2.45, 2.75) is 39.8 Å². The lowest BCUT2D eigenvalue weighted by atomic mass is 10.2. The van der Waals surface area contributed by atoms with Crippen LogP contribution >= 0.6 is 0 Å². The van der Waals surface area contributed by atoms with Gasteiger partial charge in [0.1, 0.15) is 11.9 Å². The summed E-state index contributed by atoms with van der Waals surface area (Å²) in [6, 6.07) is 8.54. The summed E-state index contributed by atoms with van der Waals surface area (Å²) in [4.78, 5) is 0. The molecule has 0 aliphatic carbocycles. The van der Waals surface area contributed by atoms with Gasteiger partial charge in [-0.15, -0.1) is 0 Å². The Kier molecular flexibility index (Phi) is 4.63. The van der Waals surface area contributed by atoms with Gasteiger partial charge in [0.05, 0.1) is 0 Å². The van der Waals surface area contributed by atoms with E-state index >= 15 is 0 Å². The first kappa shape index (κ1) is 12.1. The smallest absolute Gasteiger partial charge is 0.120 e. The zero-order valence-electron chi connectivity index (χ0n) is 10.1. The van der Waals surface area contributed by atoms with Crippen LogP contribution in [0.1, 0.15) is 26.3 Å². The number of rotatable bonds is 5. The van der Waals surface area contributed by atoms with Crippen molar-refractivity contribution < 1.29 is 4.74 Å². The molecule has 0 spiro atoms. The van der Waals surface area contributed by atoms with Crippen molar-refractivity contribution in [3.05, 3.63) is 29.8 Å². The largest absolute Gasteiger partial charge is 0.489 e. The Balaban J connectivity index is 2.54. The van der Waals surface area contributed by atoms with E-state index in [0.29, 0.717) is 6.04 Å². The molecule has 1 aromatic rings. The monoisotopic (exact) mass is 207 g/mol. The van der Waals surface area contributed by atoms with Gasteiger partial charge >= 0.3 is 0 Å². The van der Waals surface area contributed by atoms with Crippen molar-refractivity contribution in [3.8, 4) is 5.75 Å². The fourth-order valence-electron chi connectivity index (χ4n) is 1.49. The van der Waals surface area contributed by atoms with Gasteiger partial charge in [-0.25, -0.2) is 0 Å². The second-order valence-electron chi connectivity index (χ2n) is 3.99. The second-order valence-corrected chi connectivity index (χ2v) is 3.99. The van der Waals surface area contributed by atoms with Crippen molar-refractivity contribution in [3.63, 3.8) is 0 Å². The summed E-state index contributed by atoms with van der Waals surface area (Å²) < 4.78 is 5.85. The van der Waals surface area contributed by atoms with Crippen LogP contribution in [0, 0.1) is 6.92 Å². The number of hydrogen-bond acceptors (Lipinski definition) is 2. The van der Waals surface area contributed by atoms with Gasteiger partial charge in [-0.3, -0.25) is 0 Å². The molecule has 0 bridgehead atoms. The highest BCUT2D eigenvalue weighted by Gasteiger charge is 2.11. The van der Waals surface area contributed by atoms with Crippen LogP contribution in [-0.2, 0) is 0 Å². The molecule has 2 heteroatoms. The Bertz CT molecular complexity index is 298. The van der Waals surface area contributed by atoms with Crippen LogP contribution in [0.5, 0.6) is 5.75 Å². The minimum Gasteiger partial charge on any atom is -0.489 e. The molecule has 2 nitrogen and oxygen atoms in total. The molecule has 1 aromatic carbocycles. The number of aryl methyl sites for hydroxylation is 1. The third-order valence-corrected chi connectivity index (χ3v) is 2.54. The zero-order valence-corrected chi connectivity index (χ0v) is 10.1. The van der Waals surface area contributed by atoms with Gasteiger partial charge in [-0.2, -0.15) is 0 Å². The van der Waals surface area contributed by atoms with E-state index in [9.17, 15) is 0 Å². The molecule has 2 atom stereocenters. The summed E-state index contributed by atoms with van der Waals surface area (Å²) in [5.74, 6) is 0.951. The molecule has 15 heavy (non-hydrogen) atoms. The zero-order chi connectivity index (χ0) is 11.3. The predicted molar refractivity (Wildman–Crippen MR) is 64.4 cm³/mol. The molecule has 0 amide bonds. The van der Waals surface area contributed by atoms with Crippen LogP contribution in [0.4, 0.5) is 0 Å². The van der Waals surface area contributed by atoms with Crippen molar-refractivity contribution in [1.82, 2.24) is 5.32 Å². The van der Waals surface area contributed by atoms with Gasteiger partial charge in [0, 0.05) is 6.04 Å². The van der Waals surface area contributed by atoms with E-state index in [1.54, 1.807) is 0 Å². The fourth-order valence-corrected chi connectivity index (χ4v) is 1.49. The average Bonchev–Trinajstić information content (AvgIpc) is 2.18. The van der Waals surface area contributed by atoms with E-state index in [1.807, 2.05) is 12.1 Å². The predicted octanol–water partition coefficient (Wildman–Crippen LogP) is 2.76. The minimum absolute atomic E-state index is 0.187. The highest BCUT2D eigenvalue weighted by Crippen LogP contribution is 2.15. The van der Waals surface area contributed by atoms with Crippen LogP contribution in [-0.4, -0.2) is 18.7 Å². The van der Waals surface area contributed by atoms with Crippen LogP contribution in [0.3, 0.4) is 0 Å². The van der Waals surface area contributed by atoms with Gasteiger partial charge in [0.2, 0.25) is 0 Å². The second kappa shape index (κ2) is 5.76. The minimum atomic E-state index is 0.187. The van der Waals surface area contributed by atoms with E-state index < -0.39 is 0 Å². The summed E-state index contributed by atoms with van der Waals surface area (Å²) in [6.45, 7) is 9.39. The summed E-state index contributed by atoms with van der Waals surface area (Å²) in [5, 5.41) is 3.36. The average molecular weight is 207 g/mol. The Morgan fingerprint density at radius 1 is 1.33 bits per heavy atom. The van der Waals surface area contributed by atoms with E-state index in [0.717, 1.165) is 12.3 Å². The lowest BCUT2D eigenvalue weighted by Crippen LogP contribution is -2.38. The quantitative estimate of drug-likeness (QED) is 0.801. The van der Waals surface area contributed by atoms with Crippen molar-refractivity contribution in [1.29, 1.82) is 0 Å². The lowest BCUT2D eigenvalue weighted by Gasteiger charge is -2.22. The van der Waals surface area contributed by atoms with Crippen molar-refractivity contribution >= 4 is 0 Å². The number of hydrogen-bond donors (Lipinski definition) is 1. The van der Waals surface area contributed by atoms with E-state index in [1.165, 1.54) is 5.56 Å². The maximum absolute atomic E-state index is 5.85. The van der Waals surface area contributed by atoms with Crippen molar-refractivity contribution in [2.24, 2.45) is 0 Å². The molecule has 1 rings (SSSR count). The maximum atomic E-state index is 5.85. The first-order chi connectivity index (χ1) is 7.13. The van der Waals surface area contributed by atoms with Gasteiger partial charge in [-0.1, -0.05) is 19.1 Å². The molecule has 0 saturated heterocycles. The number of nitrogens with one attached hydrogen (secondary N) is 1. The third-order valence-electron chi connectivity index (χ3n) is 2.54. The standard InChI is InChI=1S/C13H21NO/c1-5-14-11(3)12(4)15-13-8-6-7-10(2)9-13/h6-9,11-12,14H,5H2,1-4H3. The molecule has 0 aromatic heterocycles. The van der Waals surface area contributed by atoms with Gasteiger partial charge < -0.3 is 10.1 Å². The lowest BCUT2D eigenvalue weighted by molar-refractivity contribution is 0.179. The van der Waals surface area contributed by atoms with E-state index in [2.05, 4.69) is 45.1 Å². The molecular formula is C13H21NO. The third kappa shape index (κ3) is 3.92. The molecule has 0 aliphatic heterocycles. The van der Waals surface area contributed by atoms with Gasteiger partial charge in [0.25, 0.3) is 0 Å². The maximum Gasteiger partial charge on any atom is 0.120 e. The van der Waals surface area contributed by atoms with Crippen LogP contribution in [0.25, 0.3) is 0 Å². The van der Waals surface area contributed by atoms with Crippen LogP contribution < -0.4 is 10.1 Å². The number of likely N-dealkylation sites (N-methyl/N-ethyl adjacent to an activating group) is 1. The van der Waals surface area contributed by atoms with E-state index in [4.69, 9.17) is 4.74 Å². The summed E-state index contributed by atoms with van der Waals surface area (Å²) in [5.41, 5.74) is 1.23. The number of benzene rings is 1. The summed E-state index contributed by atoms with van der Waals surface area (Å²) >= 11 is 0. The first-order valence-corrected chi connectivity index (χ1v) is 5.60. The molecule has 0 saturated carbocycles. The van der Waals surface area contributed by atoms with E-state index in [-0.39, 0.29) is 6.10 Å². The summed E-state index contributed by atoms with van der Waals surface area (Å²) in [7, 11) is 0. The van der Waals surface area contributed by atoms with Gasteiger partial charge in [0.15, 0.2) is 0 Å². The fraction of sp³-hybridized carbons (Fsp3) is 0.538. The molecule has 0 heterocycles. The topological polar surface area (TPSA) is 21.3 Å². The normalized spacial score (nSPS) is 14.7. The van der Waals surface area contributed by atoms with Crippen LogP contribution in [0.15, 0.2) is 24.3 Å². The summed E-state index contributed by atoms with van der Waals surface area (Å²) in [6.07, 6.45) is 0.187. The molecule has 0 aliphatic rings. The Labute approximate surface area is 92.6 Å². The molecular weight excluding hydrogens is 186 g/mol. The highest BCUT2D eigenvalue weighted by atomic mass is 16.5. The molecule has 1 N–H and O–H groups in total. The van der Waals surface area contributed by atoms with Crippen molar-refractivity contribution in [2.75, 3.05) is 6.54 Å². The number of ether oxygens (including phenoxy) is 1.